The van der Waals surface area contributed by atoms with E-state index in [9.17, 15) is 4.79 Å². The number of rotatable bonds is 4. The van der Waals surface area contributed by atoms with E-state index in [1.165, 1.54) is 0 Å². The number of hydrogen-bond donors (Lipinski definition) is 3. The van der Waals surface area contributed by atoms with E-state index in [1.54, 1.807) is 0 Å². The van der Waals surface area contributed by atoms with Crippen LogP contribution in [0, 0.1) is 0 Å². The van der Waals surface area contributed by atoms with Gasteiger partial charge < -0.3 is 10.4 Å². The van der Waals surface area contributed by atoms with Gasteiger partial charge in [-0.15, -0.1) is 5.10 Å². The van der Waals surface area contributed by atoms with Gasteiger partial charge in [0.05, 0.1) is 12.1 Å². The minimum atomic E-state index is -0.421. The van der Waals surface area contributed by atoms with Gasteiger partial charge in [-0.05, 0) is 12.8 Å². The first-order chi connectivity index (χ1) is 7.56. The zero-order valence-corrected chi connectivity index (χ0v) is 9.45. The topological polar surface area (TPSA) is 90.9 Å². The van der Waals surface area contributed by atoms with Crippen LogP contribution in [0.3, 0.4) is 0 Å². The van der Waals surface area contributed by atoms with E-state index in [4.69, 9.17) is 5.11 Å². The third-order valence-corrected chi connectivity index (χ3v) is 2.79. The summed E-state index contributed by atoms with van der Waals surface area (Å²) in [5.41, 5.74) is -0.421. The van der Waals surface area contributed by atoms with Gasteiger partial charge in [0, 0.05) is 5.92 Å². The average molecular weight is 224 g/mol. The van der Waals surface area contributed by atoms with Gasteiger partial charge in [-0.3, -0.25) is 9.89 Å². The smallest absolute Gasteiger partial charge is 0.291 e. The van der Waals surface area contributed by atoms with Crippen molar-refractivity contribution in [2.75, 3.05) is 6.61 Å². The number of hydrogen-bond acceptors (Lipinski definition) is 4. The number of aromatic nitrogens is 3. The fourth-order valence-electron chi connectivity index (χ4n) is 1.40. The monoisotopic (exact) mass is 224 g/mol. The number of amides is 1. The highest BCUT2D eigenvalue weighted by Crippen LogP contribution is 2.34. The van der Waals surface area contributed by atoms with Gasteiger partial charge in [0.15, 0.2) is 0 Å². The van der Waals surface area contributed by atoms with Crippen LogP contribution in [0.1, 0.15) is 49.1 Å². The van der Waals surface area contributed by atoms with E-state index in [0.717, 1.165) is 12.8 Å². The third-order valence-electron chi connectivity index (χ3n) is 2.79. The van der Waals surface area contributed by atoms with Gasteiger partial charge in [-0.2, -0.15) is 0 Å². The van der Waals surface area contributed by atoms with Crippen LogP contribution in [0.25, 0.3) is 0 Å². The van der Waals surface area contributed by atoms with E-state index in [-0.39, 0.29) is 24.3 Å². The Labute approximate surface area is 93.5 Å². The van der Waals surface area contributed by atoms with E-state index >= 15 is 0 Å². The quantitative estimate of drug-likeness (QED) is 0.680. The molecule has 0 spiro atoms. The van der Waals surface area contributed by atoms with Crippen molar-refractivity contribution >= 4 is 5.91 Å². The molecule has 0 saturated heterocycles. The first kappa shape index (κ1) is 11.1. The normalized spacial score (nSPS) is 17.5. The van der Waals surface area contributed by atoms with Crippen molar-refractivity contribution in [1.82, 2.24) is 20.5 Å². The molecule has 0 unspecified atom stereocenters. The van der Waals surface area contributed by atoms with Crippen LogP contribution < -0.4 is 5.32 Å². The highest BCUT2D eigenvalue weighted by molar-refractivity contribution is 5.91. The fourth-order valence-corrected chi connectivity index (χ4v) is 1.40. The maximum atomic E-state index is 11.7. The first-order valence-electron chi connectivity index (χ1n) is 5.42. The van der Waals surface area contributed by atoms with E-state index in [1.807, 2.05) is 13.8 Å². The summed E-state index contributed by atoms with van der Waals surface area (Å²) in [5.74, 6) is 0.721. The molecule has 1 aliphatic rings. The van der Waals surface area contributed by atoms with E-state index in [2.05, 4.69) is 20.5 Å². The van der Waals surface area contributed by atoms with Crippen molar-refractivity contribution in [3.05, 3.63) is 11.6 Å². The Kier molecular flexibility index (Phi) is 2.67. The summed E-state index contributed by atoms with van der Waals surface area (Å²) in [6.45, 7) is 3.91. The summed E-state index contributed by atoms with van der Waals surface area (Å²) >= 11 is 0. The summed E-state index contributed by atoms with van der Waals surface area (Å²) in [5, 5.41) is 18.4. The van der Waals surface area contributed by atoms with Crippen LogP contribution in [0.5, 0.6) is 0 Å². The predicted molar refractivity (Wildman–Crippen MR) is 57.0 cm³/mol. The number of nitrogens with zero attached hydrogens (tertiary/aromatic N) is 2. The number of carbonyl (C=O) groups excluding carboxylic acids is 1. The van der Waals surface area contributed by atoms with Crippen LogP contribution in [0.15, 0.2) is 0 Å². The summed E-state index contributed by atoms with van der Waals surface area (Å²) in [6.07, 6.45) is 1.63. The van der Waals surface area contributed by atoms with Crippen molar-refractivity contribution < 1.29 is 9.90 Å². The number of nitrogens with one attached hydrogen (secondary N) is 2. The molecule has 1 amide bonds. The van der Waals surface area contributed by atoms with Crippen LogP contribution in [-0.4, -0.2) is 38.3 Å². The Bertz CT molecular complexity index is 395. The molecule has 3 N–H and O–H groups in total. The molecule has 0 atom stereocenters. The lowest BCUT2D eigenvalue weighted by Crippen LogP contribution is -2.40. The third kappa shape index (κ3) is 2.06. The number of aliphatic hydroxyl groups excluding tert-OH is 1. The molecule has 6 heteroatoms. The second kappa shape index (κ2) is 3.86. The Morgan fingerprint density at radius 1 is 1.62 bits per heavy atom. The van der Waals surface area contributed by atoms with Crippen molar-refractivity contribution in [2.24, 2.45) is 0 Å². The lowest BCUT2D eigenvalue weighted by Gasteiger charge is -2.11. The molecule has 1 heterocycles. The highest BCUT2D eigenvalue weighted by Gasteiger charge is 2.44. The number of H-pyrrole nitrogens is 1. The molecule has 16 heavy (non-hydrogen) atoms. The van der Waals surface area contributed by atoms with Gasteiger partial charge in [0.25, 0.3) is 5.91 Å². The molecular formula is C10H16N4O2. The van der Waals surface area contributed by atoms with Gasteiger partial charge in [0.2, 0.25) is 5.82 Å². The summed E-state index contributed by atoms with van der Waals surface area (Å²) < 4.78 is 0. The van der Waals surface area contributed by atoms with E-state index < -0.39 is 5.54 Å². The summed E-state index contributed by atoms with van der Waals surface area (Å²) in [4.78, 5) is 15.8. The zero-order valence-electron chi connectivity index (χ0n) is 9.45. The summed E-state index contributed by atoms with van der Waals surface area (Å²) in [6, 6.07) is 0. The first-order valence-corrected chi connectivity index (χ1v) is 5.42. The standard InChI is InChI=1S/C10H16N4O2/c1-6(2)7-11-8(14-13-7)9(16)12-10(5-15)3-4-10/h6,15H,3-5H2,1-2H3,(H,12,16)(H,11,13,14). The Morgan fingerprint density at radius 2 is 2.31 bits per heavy atom. The maximum absolute atomic E-state index is 11.7. The van der Waals surface area contributed by atoms with Crippen molar-refractivity contribution in [1.29, 1.82) is 0 Å². The molecule has 0 bridgehead atoms. The number of carbonyl (C=O) groups is 1. The predicted octanol–water partition coefficient (Wildman–Crippen LogP) is 0.183. The molecule has 1 aliphatic carbocycles. The average Bonchev–Trinajstić information content (AvgIpc) is 2.83. The van der Waals surface area contributed by atoms with Crippen molar-refractivity contribution in [3.8, 4) is 0 Å². The molecule has 1 aromatic rings. The molecule has 0 aliphatic heterocycles. The SMILES string of the molecule is CC(C)c1nc(C(=O)NC2(CO)CC2)n[nH]1. The molecule has 0 aromatic carbocycles. The van der Waals surface area contributed by atoms with Gasteiger partial charge in [-0.25, -0.2) is 4.98 Å². The highest BCUT2D eigenvalue weighted by atomic mass is 16.3. The van der Waals surface area contributed by atoms with Crippen LogP contribution in [-0.2, 0) is 0 Å². The zero-order chi connectivity index (χ0) is 11.8. The Morgan fingerprint density at radius 3 is 2.75 bits per heavy atom. The maximum Gasteiger partial charge on any atom is 0.291 e. The van der Waals surface area contributed by atoms with Gasteiger partial charge >= 0.3 is 0 Å². The molecule has 1 saturated carbocycles. The molecule has 1 aromatic heterocycles. The minimum Gasteiger partial charge on any atom is -0.394 e. The van der Waals surface area contributed by atoms with Gasteiger partial charge in [-0.1, -0.05) is 13.8 Å². The molecule has 0 radical (unpaired) electrons. The molecule has 1 fully saturated rings. The fraction of sp³-hybridized carbons (Fsp3) is 0.700. The molecular weight excluding hydrogens is 208 g/mol. The summed E-state index contributed by atoms with van der Waals surface area (Å²) in [7, 11) is 0. The lowest BCUT2D eigenvalue weighted by molar-refractivity contribution is 0.0896. The molecule has 2 rings (SSSR count). The van der Waals surface area contributed by atoms with Gasteiger partial charge in [0.1, 0.15) is 5.82 Å². The number of aliphatic hydroxyl groups is 1. The van der Waals surface area contributed by atoms with Crippen LogP contribution in [0.2, 0.25) is 0 Å². The second-order valence-electron chi connectivity index (χ2n) is 4.59. The molecule has 88 valence electrons. The van der Waals surface area contributed by atoms with Crippen LogP contribution >= 0.6 is 0 Å². The second-order valence-corrected chi connectivity index (χ2v) is 4.59. The van der Waals surface area contributed by atoms with Crippen molar-refractivity contribution in [2.45, 2.75) is 38.1 Å². The largest absolute Gasteiger partial charge is 0.394 e. The Hall–Kier alpha value is -1.43. The molecule has 6 nitrogen and oxygen atoms in total. The van der Waals surface area contributed by atoms with Crippen molar-refractivity contribution in [3.63, 3.8) is 0 Å². The minimum absolute atomic E-state index is 0.0276. The Balaban J connectivity index is 2.03. The van der Waals surface area contributed by atoms with Crippen LogP contribution in [0.4, 0.5) is 0 Å². The lowest BCUT2D eigenvalue weighted by atomic mass is 10.2. The number of aromatic amines is 1. The van der Waals surface area contributed by atoms with E-state index in [0.29, 0.717) is 5.82 Å².